The second kappa shape index (κ2) is 9.03. The molecule has 2 aromatic rings. The first-order chi connectivity index (χ1) is 13.1. The summed E-state index contributed by atoms with van der Waals surface area (Å²) in [6.45, 7) is 7.04. The van der Waals surface area contributed by atoms with Crippen molar-refractivity contribution in [2.24, 2.45) is 5.41 Å². The summed E-state index contributed by atoms with van der Waals surface area (Å²) in [5.74, 6) is -0.441. The van der Waals surface area contributed by atoms with Gasteiger partial charge in [-0.15, -0.1) is 0 Å². The Hall–Kier alpha value is -3.35. The van der Waals surface area contributed by atoms with E-state index in [1.165, 1.54) is 6.92 Å². The first-order valence-electron chi connectivity index (χ1n) is 8.96. The van der Waals surface area contributed by atoms with Gasteiger partial charge in [0.05, 0.1) is 6.54 Å². The number of carbonyl (C=O) groups excluding carboxylic acids is 3. The maximum absolute atomic E-state index is 12.1. The zero-order chi connectivity index (χ0) is 20.7. The van der Waals surface area contributed by atoms with Gasteiger partial charge in [-0.2, -0.15) is 0 Å². The molecule has 0 bridgehead atoms. The van der Waals surface area contributed by atoms with Gasteiger partial charge >= 0.3 is 0 Å². The van der Waals surface area contributed by atoms with Gasteiger partial charge in [-0.1, -0.05) is 26.8 Å². The molecule has 0 radical (unpaired) electrons. The van der Waals surface area contributed by atoms with E-state index in [-0.39, 0.29) is 24.3 Å². The Morgan fingerprint density at radius 1 is 0.786 bits per heavy atom. The van der Waals surface area contributed by atoms with E-state index in [1.54, 1.807) is 42.5 Å². The van der Waals surface area contributed by atoms with Gasteiger partial charge in [0.25, 0.3) is 0 Å². The number of nitrogens with one attached hydrogen (secondary N) is 4. The van der Waals surface area contributed by atoms with E-state index in [0.29, 0.717) is 17.1 Å². The van der Waals surface area contributed by atoms with Gasteiger partial charge in [-0.05, 0) is 42.5 Å². The van der Waals surface area contributed by atoms with Crippen molar-refractivity contribution in [3.05, 3.63) is 48.5 Å². The van der Waals surface area contributed by atoms with Gasteiger partial charge in [-0.3, -0.25) is 14.4 Å². The van der Waals surface area contributed by atoms with Crippen LogP contribution in [0.4, 0.5) is 22.7 Å². The second-order valence-electron chi connectivity index (χ2n) is 7.45. The predicted molar refractivity (Wildman–Crippen MR) is 112 cm³/mol. The molecule has 0 heterocycles. The number of benzene rings is 2. The first kappa shape index (κ1) is 21.0. The smallest absolute Gasteiger partial charge is 0.243 e. The van der Waals surface area contributed by atoms with Crippen molar-refractivity contribution >= 4 is 40.5 Å². The van der Waals surface area contributed by atoms with Crippen molar-refractivity contribution in [3.8, 4) is 0 Å². The van der Waals surface area contributed by atoms with Gasteiger partial charge in [0, 0.05) is 35.1 Å². The van der Waals surface area contributed by atoms with Crippen LogP contribution in [0, 0.1) is 5.41 Å². The lowest BCUT2D eigenvalue weighted by molar-refractivity contribution is -0.123. The fourth-order valence-corrected chi connectivity index (χ4v) is 2.25. The van der Waals surface area contributed by atoms with Gasteiger partial charge < -0.3 is 21.3 Å². The van der Waals surface area contributed by atoms with Gasteiger partial charge in [-0.25, -0.2) is 0 Å². The lowest BCUT2D eigenvalue weighted by Crippen LogP contribution is -2.27. The minimum Gasteiger partial charge on any atom is -0.376 e. The molecule has 0 aliphatic rings. The number of amides is 3. The topological polar surface area (TPSA) is 99.3 Å². The largest absolute Gasteiger partial charge is 0.376 e. The second-order valence-corrected chi connectivity index (χ2v) is 7.45. The van der Waals surface area contributed by atoms with Crippen LogP contribution >= 0.6 is 0 Å². The molecule has 0 fully saturated rings. The maximum Gasteiger partial charge on any atom is 0.243 e. The summed E-state index contributed by atoms with van der Waals surface area (Å²) in [4.78, 5) is 35.2. The van der Waals surface area contributed by atoms with E-state index in [1.807, 2.05) is 26.8 Å². The van der Waals surface area contributed by atoms with E-state index in [2.05, 4.69) is 21.3 Å². The zero-order valence-electron chi connectivity index (χ0n) is 16.6. The highest BCUT2D eigenvalue weighted by atomic mass is 16.2. The molecule has 0 aromatic heterocycles. The van der Waals surface area contributed by atoms with E-state index < -0.39 is 5.41 Å². The Bertz CT molecular complexity index is 855. The Kier molecular flexibility index (Phi) is 6.76. The number of anilines is 4. The number of carbonyl (C=O) groups is 3. The summed E-state index contributed by atoms with van der Waals surface area (Å²) >= 11 is 0. The lowest BCUT2D eigenvalue weighted by Gasteiger charge is -2.18. The SMILES string of the molecule is CC(=O)Nc1ccc(NC(=O)CNc2cccc(NC(=O)C(C)(C)C)c2)cc1. The monoisotopic (exact) mass is 382 g/mol. The molecule has 3 amide bonds. The predicted octanol–water partition coefficient (Wildman–Crippen LogP) is 3.68. The van der Waals surface area contributed by atoms with Crippen LogP contribution in [0.1, 0.15) is 27.7 Å². The number of rotatable bonds is 6. The molecule has 0 aliphatic carbocycles. The fraction of sp³-hybridized carbons (Fsp3) is 0.286. The third-order valence-corrected chi connectivity index (χ3v) is 3.74. The van der Waals surface area contributed by atoms with Crippen LogP contribution < -0.4 is 21.3 Å². The maximum atomic E-state index is 12.1. The lowest BCUT2D eigenvalue weighted by atomic mass is 9.95. The Morgan fingerprint density at radius 3 is 1.93 bits per heavy atom. The standard InChI is InChI=1S/C21H26N4O3/c1-14(26)23-15-8-10-16(11-9-15)24-19(27)13-22-17-6-5-7-18(12-17)25-20(28)21(2,3)4/h5-12,22H,13H2,1-4H3,(H,23,26)(H,24,27)(H,25,28). The quantitative estimate of drug-likeness (QED) is 0.612. The van der Waals surface area contributed by atoms with Gasteiger partial charge in [0.15, 0.2) is 0 Å². The normalized spacial score (nSPS) is 10.7. The third kappa shape index (κ3) is 6.75. The molecule has 0 saturated heterocycles. The van der Waals surface area contributed by atoms with Crippen LogP contribution in [0.5, 0.6) is 0 Å². The third-order valence-electron chi connectivity index (χ3n) is 3.74. The number of hydrogen-bond acceptors (Lipinski definition) is 4. The van der Waals surface area contributed by atoms with Crippen molar-refractivity contribution in [3.63, 3.8) is 0 Å². The summed E-state index contributed by atoms with van der Waals surface area (Å²) in [6.07, 6.45) is 0. The molecular weight excluding hydrogens is 356 g/mol. The van der Waals surface area contributed by atoms with E-state index in [9.17, 15) is 14.4 Å². The van der Waals surface area contributed by atoms with Crippen molar-refractivity contribution in [2.45, 2.75) is 27.7 Å². The Morgan fingerprint density at radius 2 is 1.36 bits per heavy atom. The van der Waals surface area contributed by atoms with E-state index in [0.717, 1.165) is 5.69 Å². The van der Waals surface area contributed by atoms with Crippen LogP contribution in [-0.4, -0.2) is 24.3 Å². The van der Waals surface area contributed by atoms with Crippen molar-refractivity contribution < 1.29 is 14.4 Å². The molecular formula is C21H26N4O3. The molecule has 0 unspecified atom stereocenters. The summed E-state index contributed by atoms with van der Waals surface area (Å²) < 4.78 is 0. The van der Waals surface area contributed by atoms with E-state index in [4.69, 9.17) is 0 Å². The summed E-state index contributed by atoms with van der Waals surface area (Å²) in [6, 6.07) is 14.1. The molecule has 0 spiro atoms. The molecule has 148 valence electrons. The molecule has 7 nitrogen and oxygen atoms in total. The van der Waals surface area contributed by atoms with Crippen LogP contribution in [0.15, 0.2) is 48.5 Å². The number of hydrogen-bond donors (Lipinski definition) is 4. The Balaban J connectivity index is 1.88. The van der Waals surface area contributed by atoms with Crippen molar-refractivity contribution in [1.82, 2.24) is 0 Å². The molecule has 28 heavy (non-hydrogen) atoms. The van der Waals surface area contributed by atoms with E-state index >= 15 is 0 Å². The molecule has 7 heteroatoms. The highest BCUT2D eigenvalue weighted by molar-refractivity contribution is 5.96. The van der Waals surface area contributed by atoms with Crippen molar-refractivity contribution in [1.29, 1.82) is 0 Å². The molecule has 2 aromatic carbocycles. The minimum absolute atomic E-state index is 0.0735. The highest BCUT2D eigenvalue weighted by Gasteiger charge is 2.21. The summed E-state index contributed by atoms with van der Waals surface area (Å²) in [7, 11) is 0. The highest BCUT2D eigenvalue weighted by Crippen LogP contribution is 2.20. The molecule has 0 atom stereocenters. The average Bonchev–Trinajstić information content (AvgIpc) is 2.61. The van der Waals surface area contributed by atoms with Gasteiger partial charge in [0.2, 0.25) is 17.7 Å². The average molecular weight is 382 g/mol. The molecule has 4 N–H and O–H groups in total. The minimum atomic E-state index is -0.487. The first-order valence-corrected chi connectivity index (χ1v) is 8.96. The molecule has 0 saturated carbocycles. The summed E-state index contributed by atoms with van der Waals surface area (Å²) in [5.41, 5.74) is 2.20. The van der Waals surface area contributed by atoms with Crippen LogP contribution in [0.2, 0.25) is 0 Å². The molecule has 2 rings (SSSR count). The van der Waals surface area contributed by atoms with Crippen LogP contribution in [0.3, 0.4) is 0 Å². The van der Waals surface area contributed by atoms with Crippen molar-refractivity contribution in [2.75, 3.05) is 27.8 Å². The Labute approximate surface area is 164 Å². The van der Waals surface area contributed by atoms with Gasteiger partial charge in [0.1, 0.15) is 0 Å². The molecule has 0 aliphatic heterocycles. The zero-order valence-corrected chi connectivity index (χ0v) is 16.6. The summed E-state index contributed by atoms with van der Waals surface area (Å²) in [5, 5.41) is 11.3. The van der Waals surface area contributed by atoms with Crippen LogP contribution in [-0.2, 0) is 14.4 Å². The van der Waals surface area contributed by atoms with Crippen LogP contribution in [0.25, 0.3) is 0 Å². The fourth-order valence-electron chi connectivity index (χ4n) is 2.25.